The van der Waals surface area contributed by atoms with E-state index in [1.54, 1.807) is 7.11 Å². The van der Waals surface area contributed by atoms with Crippen molar-refractivity contribution in [3.05, 3.63) is 52.5 Å². The molecule has 4 heteroatoms. The second-order valence-corrected chi connectivity index (χ2v) is 4.71. The van der Waals surface area contributed by atoms with Crippen molar-refractivity contribution in [3.63, 3.8) is 0 Å². The summed E-state index contributed by atoms with van der Waals surface area (Å²) in [6.07, 6.45) is 0. The average Bonchev–Trinajstić information content (AvgIpc) is 2.38. The molecule has 0 aliphatic rings. The molecular formula is C15H16ClNO2. The van der Waals surface area contributed by atoms with Crippen molar-refractivity contribution in [3.8, 4) is 11.5 Å². The van der Waals surface area contributed by atoms with Crippen LogP contribution < -0.4 is 15.2 Å². The number of ether oxygens (including phenoxy) is 2. The summed E-state index contributed by atoms with van der Waals surface area (Å²) in [5, 5.41) is 0.570. The number of hydrogen-bond acceptors (Lipinski definition) is 3. The molecule has 0 saturated heterocycles. The molecule has 0 aliphatic heterocycles. The monoisotopic (exact) mass is 277 g/mol. The number of aryl methyl sites for hydroxylation is 1. The van der Waals surface area contributed by atoms with Crippen LogP contribution >= 0.6 is 11.6 Å². The smallest absolute Gasteiger partial charge is 0.142 e. The van der Waals surface area contributed by atoms with Gasteiger partial charge in [0.15, 0.2) is 0 Å². The maximum absolute atomic E-state index is 6.06. The highest BCUT2D eigenvalue weighted by Gasteiger charge is 2.04. The van der Waals surface area contributed by atoms with Gasteiger partial charge in [-0.2, -0.15) is 0 Å². The number of halogens is 1. The van der Waals surface area contributed by atoms with Crippen LogP contribution in [0.3, 0.4) is 0 Å². The number of rotatable bonds is 4. The second kappa shape index (κ2) is 5.85. The third kappa shape index (κ3) is 3.32. The van der Waals surface area contributed by atoms with Crippen LogP contribution in [0, 0.1) is 6.92 Å². The lowest BCUT2D eigenvalue weighted by atomic mass is 10.2. The van der Waals surface area contributed by atoms with Gasteiger partial charge in [0.25, 0.3) is 0 Å². The lowest BCUT2D eigenvalue weighted by Gasteiger charge is -2.10. The zero-order valence-electron chi connectivity index (χ0n) is 10.9. The molecule has 0 bridgehead atoms. The zero-order valence-corrected chi connectivity index (χ0v) is 11.7. The maximum Gasteiger partial charge on any atom is 0.142 e. The fourth-order valence-corrected chi connectivity index (χ4v) is 2.04. The van der Waals surface area contributed by atoms with Crippen molar-refractivity contribution in [1.82, 2.24) is 0 Å². The van der Waals surface area contributed by atoms with Crippen molar-refractivity contribution in [2.24, 2.45) is 0 Å². The van der Waals surface area contributed by atoms with Gasteiger partial charge in [-0.1, -0.05) is 23.7 Å². The predicted molar refractivity (Wildman–Crippen MR) is 77.9 cm³/mol. The number of benzene rings is 2. The van der Waals surface area contributed by atoms with Crippen LogP contribution in [0.4, 0.5) is 5.69 Å². The van der Waals surface area contributed by atoms with Crippen molar-refractivity contribution in [2.45, 2.75) is 13.5 Å². The first-order chi connectivity index (χ1) is 9.10. The van der Waals surface area contributed by atoms with Gasteiger partial charge in [0, 0.05) is 0 Å². The molecule has 2 rings (SSSR count). The minimum Gasteiger partial charge on any atom is -0.495 e. The van der Waals surface area contributed by atoms with Crippen LogP contribution in [0.2, 0.25) is 5.02 Å². The van der Waals surface area contributed by atoms with Gasteiger partial charge in [-0.25, -0.2) is 0 Å². The van der Waals surface area contributed by atoms with E-state index in [2.05, 4.69) is 0 Å². The Morgan fingerprint density at radius 3 is 2.47 bits per heavy atom. The molecule has 0 radical (unpaired) electrons. The van der Waals surface area contributed by atoms with Crippen molar-refractivity contribution < 1.29 is 9.47 Å². The summed E-state index contributed by atoms with van der Waals surface area (Å²) in [4.78, 5) is 0. The van der Waals surface area contributed by atoms with E-state index >= 15 is 0 Å². The van der Waals surface area contributed by atoms with Gasteiger partial charge in [-0.05, 0) is 42.3 Å². The molecule has 0 atom stereocenters. The number of nitrogens with two attached hydrogens (primary N) is 1. The molecule has 0 fully saturated rings. The first-order valence-corrected chi connectivity index (χ1v) is 6.29. The Morgan fingerprint density at radius 1 is 1.11 bits per heavy atom. The molecule has 0 spiro atoms. The van der Waals surface area contributed by atoms with E-state index in [0.29, 0.717) is 28.8 Å². The van der Waals surface area contributed by atoms with E-state index in [-0.39, 0.29) is 0 Å². The van der Waals surface area contributed by atoms with Crippen LogP contribution in [-0.2, 0) is 6.61 Å². The molecule has 0 saturated carbocycles. The maximum atomic E-state index is 6.06. The molecule has 0 heterocycles. The first-order valence-electron chi connectivity index (χ1n) is 5.91. The van der Waals surface area contributed by atoms with E-state index in [1.807, 2.05) is 43.3 Å². The van der Waals surface area contributed by atoms with Gasteiger partial charge < -0.3 is 15.2 Å². The van der Waals surface area contributed by atoms with E-state index < -0.39 is 0 Å². The molecule has 0 amide bonds. The van der Waals surface area contributed by atoms with Crippen LogP contribution in [0.5, 0.6) is 11.5 Å². The molecule has 0 aliphatic carbocycles. The van der Waals surface area contributed by atoms with Crippen LogP contribution in [0.25, 0.3) is 0 Å². The molecule has 2 N–H and O–H groups in total. The lowest BCUT2D eigenvalue weighted by molar-refractivity contribution is 0.307. The molecular weight excluding hydrogens is 262 g/mol. The highest BCUT2D eigenvalue weighted by molar-refractivity contribution is 6.32. The minimum atomic E-state index is 0.414. The van der Waals surface area contributed by atoms with Gasteiger partial charge >= 0.3 is 0 Å². The number of anilines is 1. The molecule has 2 aromatic rings. The van der Waals surface area contributed by atoms with Gasteiger partial charge in [-0.15, -0.1) is 0 Å². The third-order valence-corrected chi connectivity index (χ3v) is 3.07. The number of hydrogen-bond donors (Lipinski definition) is 1. The summed E-state index contributed by atoms with van der Waals surface area (Å²) in [7, 11) is 1.59. The summed E-state index contributed by atoms with van der Waals surface area (Å²) in [5.74, 6) is 1.33. The molecule has 0 unspecified atom stereocenters. The summed E-state index contributed by atoms with van der Waals surface area (Å²) in [5.41, 5.74) is 8.60. The van der Waals surface area contributed by atoms with Gasteiger partial charge in [0.05, 0.1) is 17.8 Å². The standard InChI is InChI=1S/C15H16ClNO2/c1-10-3-5-15(13(17)7-10)19-9-11-4-6-14(18-2)12(16)8-11/h3-8H,9,17H2,1-2H3. The molecule has 3 nitrogen and oxygen atoms in total. The topological polar surface area (TPSA) is 44.5 Å². The lowest BCUT2D eigenvalue weighted by Crippen LogP contribution is -1.99. The quantitative estimate of drug-likeness (QED) is 0.864. The average molecular weight is 278 g/mol. The largest absolute Gasteiger partial charge is 0.495 e. The second-order valence-electron chi connectivity index (χ2n) is 4.30. The SMILES string of the molecule is COc1ccc(COc2ccc(C)cc2N)cc1Cl. The van der Waals surface area contributed by atoms with Crippen molar-refractivity contribution in [2.75, 3.05) is 12.8 Å². The van der Waals surface area contributed by atoms with E-state index in [1.165, 1.54) is 0 Å². The Kier molecular flexibility index (Phi) is 4.17. The highest BCUT2D eigenvalue weighted by atomic mass is 35.5. The molecule has 0 aromatic heterocycles. The van der Waals surface area contributed by atoms with E-state index in [0.717, 1.165) is 11.1 Å². The summed E-state index contributed by atoms with van der Waals surface area (Å²) in [6.45, 7) is 2.40. The Balaban J connectivity index is 2.08. The summed E-state index contributed by atoms with van der Waals surface area (Å²) >= 11 is 6.06. The third-order valence-electron chi connectivity index (χ3n) is 2.78. The highest BCUT2D eigenvalue weighted by Crippen LogP contribution is 2.27. The Hall–Kier alpha value is -1.87. The summed E-state index contributed by atoms with van der Waals surface area (Å²) in [6, 6.07) is 11.3. The number of nitrogen functional groups attached to an aromatic ring is 1. The number of methoxy groups -OCH3 is 1. The molecule has 19 heavy (non-hydrogen) atoms. The van der Waals surface area contributed by atoms with Gasteiger partial charge in [-0.3, -0.25) is 0 Å². The first kappa shape index (κ1) is 13.6. The normalized spacial score (nSPS) is 10.3. The van der Waals surface area contributed by atoms with E-state index in [9.17, 15) is 0 Å². The van der Waals surface area contributed by atoms with Crippen LogP contribution in [0.15, 0.2) is 36.4 Å². The predicted octanol–water partition coefficient (Wildman–Crippen LogP) is 3.82. The van der Waals surface area contributed by atoms with Crippen LogP contribution in [-0.4, -0.2) is 7.11 Å². The fourth-order valence-electron chi connectivity index (χ4n) is 1.76. The molecule has 2 aromatic carbocycles. The Labute approximate surface area is 117 Å². The van der Waals surface area contributed by atoms with Gasteiger partial charge in [0.2, 0.25) is 0 Å². The van der Waals surface area contributed by atoms with Crippen LogP contribution in [0.1, 0.15) is 11.1 Å². The van der Waals surface area contributed by atoms with E-state index in [4.69, 9.17) is 26.8 Å². The molecule has 100 valence electrons. The summed E-state index contributed by atoms with van der Waals surface area (Å²) < 4.78 is 10.8. The Morgan fingerprint density at radius 2 is 1.84 bits per heavy atom. The fraction of sp³-hybridized carbons (Fsp3) is 0.200. The van der Waals surface area contributed by atoms with Gasteiger partial charge in [0.1, 0.15) is 18.1 Å². The minimum absolute atomic E-state index is 0.414. The Bertz CT molecular complexity index is 584. The van der Waals surface area contributed by atoms with Crippen molar-refractivity contribution >= 4 is 17.3 Å². The zero-order chi connectivity index (χ0) is 13.8. The van der Waals surface area contributed by atoms with Crippen molar-refractivity contribution in [1.29, 1.82) is 0 Å².